The fourth-order valence-corrected chi connectivity index (χ4v) is 2.87. The zero-order valence-electron chi connectivity index (χ0n) is 13.4. The van der Waals surface area contributed by atoms with Gasteiger partial charge in [0.05, 0.1) is 6.61 Å². The van der Waals surface area contributed by atoms with Crippen molar-refractivity contribution in [1.29, 1.82) is 0 Å². The molecule has 124 valence electrons. The predicted molar refractivity (Wildman–Crippen MR) is 92.9 cm³/mol. The minimum atomic E-state index is 0. The van der Waals surface area contributed by atoms with Gasteiger partial charge in [0.25, 0.3) is 0 Å². The lowest BCUT2D eigenvalue weighted by Gasteiger charge is -2.28. The van der Waals surface area contributed by atoms with Gasteiger partial charge in [-0.15, -0.1) is 12.4 Å². The first-order valence-electron chi connectivity index (χ1n) is 7.92. The molecule has 4 nitrogen and oxygen atoms in total. The van der Waals surface area contributed by atoms with Gasteiger partial charge in [0.15, 0.2) is 0 Å². The first-order valence-corrected chi connectivity index (χ1v) is 7.92. The number of rotatable bonds is 6. The molecule has 2 atom stereocenters. The van der Waals surface area contributed by atoms with Gasteiger partial charge in [0, 0.05) is 18.2 Å². The average molecular weight is 327 g/mol. The topological polar surface area (TPSA) is 50.4 Å². The van der Waals surface area contributed by atoms with Crippen molar-refractivity contribution in [3.63, 3.8) is 0 Å². The molecule has 0 radical (unpaired) electrons. The number of benzene rings is 1. The number of halogens is 1. The molecule has 22 heavy (non-hydrogen) atoms. The third-order valence-electron chi connectivity index (χ3n) is 4.08. The number of carbonyl (C=O) groups is 1. The second kappa shape index (κ2) is 9.70. The van der Waals surface area contributed by atoms with Crippen LogP contribution in [0, 0.1) is 11.8 Å². The molecule has 0 bridgehead atoms. The molecule has 2 rings (SSSR count). The van der Waals surface area contributed by atoms with Crippen LogP contribution in [-0.4, -0.2) is 25.6 Å². The number of hydrogen-bond acceptors (Lipinski definition) is 3. The summed E-state index contributed by atoms with van der Waals surface area (Å²) in [5, 5.41) is 6.38. The van der Waals surface area contributed by atoms with E-state index in [1.54, 1.807) is 0 Å². The van der Waals surface area contributed by atoms with E-state index >= 15 is 0 Å². The van der Waals surface area contributed by atoms with Gasteiger partial charge in [-0.3, -0.25) is 4.79 Å². The number of nitrogens with one attached hydrogen (secondary N) is 2. The predicted octanol–water partition coefficient (Wildman–Crippen LogP) is 3.47. The van der Waals surface area contributed by atoms with Crippen LogP contribution in [0.1, 0.15) is 33.1 Å². The first-order chi connectivity index (χ1) is 10.2. The Morgan fingerprint density at radius 1 is 1.50 bits per heavy atom. The maximum atomic E-state index is 12.2. The highest BCUT2D eigenvalue weighted by Crippen LogP contribution is 2.23. The van der Waals surface area contributed by atoms with E-state index < -0.39 is 0 Å². The van der Waals surface area contributed by atoms with Crippen LogP contribution in [0.2, 0.25) is 0 Å². The summed E-state index contributed by atoms with van der Waals surface area (Å²) in [5.41, 5.74) is 0.805. The summed E-state index contributed by atoms with van der Waals surface area (Å²) >= 11 is 0. The summed E-state index contributed by atoms with van der Waals surface area (Å²) in [7, 11) is 0. The Morgan fingerprint density at radius 3 is 3.00 bits per heavy atom. The molecule has 0 saturated carbocycles. The van der Waals surface area contributed by atoms with E-state index in [0.717, 1.165) is 24.5 Å². The molecule has 1 aliphatic rings. The number of ether oxygens (including phenoxy) is 1. The van der Waals surface area contributed by atoms with Crippen LogP contribution in [0.5, 0.6) is 5.75 Å². The Kier molecular flexibility index (Phi) is 8.28. The first kappa shape index (κ1) is 18.8. The van der Waals surface area contributed by atoms with Gasteiger partial charge in [-0.1, -0.05) is 13.0 Å². The molecule has 1 aliphatic heterocycles. The van der Waals surface area contributed by atoms with E-state index in [4.69, 9.17) is 4.74 Å². The number of hydrogen-bond donors (Lipinski definition) is 2. The van der Waals surface area contributed by atoms with Gasteiger partial charge in [0.1, 0.15) is 5.75 Å². The zero-order chi connectivity index (χ0) is 15.1. The SMILES string of the molecule is CCOc1cccc(NC(=O)CC(C)C2CCCNC2)c1.Cl. The van der Waals surface area contributed by atoms with Gasteiger partial charge in [0.2, 0.25) is 5.91 Å². The number of amides is 1. The van der Waals surface area contributed by atoms with Gasteiger partial charge in [-0.2, -0.15) is 0 Å². The second-order valence-electron chi connectivity index (χ2n) is 5.80. The van der Waals surface area contributed by atoms with E-state index in [-0.39, 0.29) is 18.3 Å². The third-order valence-corrected chi connectivity index (χ3v) is 4.08. The van der Waals surface area contributed by atoms with Crippen molar-refractivity contribution in [1.82, 2.24) is 5.32 Å². The van der Waals surface area contributed by atoms with Crippen molar-refractivity contribution in [2.24, 2.45) is 11.8 Å². The molecule has 1 saturated heterocycles. The van der Waals surface area contributed by atoms with Crippen molar-refractivity contribution in [2.45, 2.75) is 33.1 Å². The highest BCUT2D eigenvalue weighted by molar-refractivity contribution is 5.91. The van der Waals surface area contributed by atoms with Crippen LogP contribution in [0.4, 0.5) is 5.69 Å². The summed E-state index contributed by atoms with van der Waals surface area (Å²) in [6, 6.07) is 7.56. The molecule has 0 aliphatic carbocycles. The summed E-state index contributed by atoms with van der Waals surface area (Å²) < 4.78 is 5.44. The number of piperidine rings is 1. The van der Waals surface area contributed by atoms with Crippen molar-refractivity contribution in [2.75, 3.05) is 25.0 Å². The van der Waals surface area contributed by atoms with E-state index in [0.29, 0.717) is 24.9 Å². The van der Waals surface area contributed by atoms with Crippen molar-refractivity contribution in [3.05, 3.63) is 24.3 Å². The highest BCUT2D eigenvalue weighted by Gasteiger charge is 2.22. The summed E-state index contributed by atoms with van der Waals surface area (Å²) in [6.45, 7) is 6.90. The largest absolute Gasteiger partial charge is 0.494 e. The van der Waals surface area contributed by atoms with E-state index in [1.165, 1.54) is 12.8 Å². The number of carbonyl (C=O) groups excluding carboxylic acids is 1. The molecule has 2 N–H and O–H groups in total. The Labute approximate surface area is 139 Å². The van der Waals surface area contributed by atoms with Crippen LogP contribution >= 0.6 is 12.4 Å². The fourth-order valence-electron chi connectivity index (χ4n) is 2.87. The highest BCUT2D eigenvalue weighted by atomic mass is 35.5. The van der Waals surface area contributed by atoms with Gasteiger partial charge in [-0.25, -0.2) is 0 Å². The molecule has 1 heterocycles. The fraction of sp³-hybridized carbons (Fsp3) is 0.588. The Hall–Kier alpha value is -1.26. The minimum absolute atomic E-state index is 0. The molecular weight excluding hydrogens is 300 g/mol. The molecular formula is C17H27ClN2O2. The Morgan fingerprint density at radius 2 is 2.32 bits per heavy atom. The van der Waals surface area contributed by atoms with Crippen LogP contribution in [0.15, 0.2) is 24.3 Å². The monoisotopic (exact) mass is 326 g/mol. The van der Waals surface area contributed by atoms with Crippen LogP contribution in [0.3, 0.4) is 0 Å². The quantitative estimate of drug-likeness (QED) is 0.841. The normalized spacial score (nSPS) is 18.9. The average Bonchev–Trinajstić information content (AvgIpc) is 2.48. The smallest absolute Gasteiger partial charge is 0.224 e. The maximum Gasteiger partial charge on any atom is 0.224 e. The molecule has 1 aromatic rings. The Bertz CT molecular complexity index is 462. The lowest BCUT2D eigenvalue weighted by Crippen LogP contribution is -2.34. The summed E-state index contributed by atoms with van der Waals surface area (Å²) in [4.78, 5) is 12.2. The standard InChI is InChI=1S/C17H26N2O2.ClH/c1-3-21-16-8-4-7-15(11-16)19-17(20)10-13(2)14-6-5-9-18-12-14;/h4,7-8,11,13-14,18H,3,5-6,9-10,12H2,1-2H3,(H,19,20);1H. The molecule has 5 heteroatoms. The van der Waals surface area contributed by atoms with Crippen molar-refractivity contribution in [3.8, 4) is 5.75 Å². The van der Waals surface area contributed by atoms with E-state index in [9.17, 15) is 4.79 Å². The van der Waals surface area contributed by atoms with Crippen molar-refractivity contribution < 1.29 is 9.53 Å². The summed E-state index contributed by atoms with van der Waals surface area (Å²) in [5.74, 6) is 1.90. The van der Waals surface area contributed by atoms with Gasteiger partial charge in [-0.05, 0) is 56.8 Å². The second-order valence-corrected chi connectivity index (χ2v) is 5.80. The number of anilines is 1. The molecule has 1 fully saturated rings. The van der Waals surface area contributed by atoms with Gasteiger partial charge < -0.3 is 15.4 Å². The molecule has 2 unspecified atom stereocenters. The van der Waals surface area contributed by atoms with Crippen LogP contribution in [-0.2, 0) is 4.79 Å². The van der Waals surface area contributed by atoms with Crippen LogP contribution in [0.25, 0.3) is 0 Å². The van der Waals surface area contributed by atoms with Crippen LogP contribution < -0.4 is 15.4 Å². The molecule has 0 spiro atoms. The maximum absolute atomic E-state index is 12.2. The zero-order valence-corrected chi connectivity index (χ0v) is 14.2. The van der Waals surface area contributed by atoms with E-state index in [1.807, 2.05) is 31.2 Å². The summed E-state index contributed by atoms with van der Waals surface area (Å²) in [6.07, 6.45) is 3.01. The lowest BCUT2D eigenvalue weighted by atomic mass is 9.85. The molecule has 0 aromatic heterocycles. The lowest BCUT2D eigenvalue weighted by molar-refractivity contribution is -0.117. The van der Waals surface area contributed by atoms with E-state index in [2.05, 4.69) is 17.6 Å². The Balaban J connectivity index is 0.00000242. The third kappa shape index (κ3) is 5.85. The van der Waals surface area contributed by atoms with Crippen molar-refractivity contribution >= 4 is 24.0 Å². The molecule has 1 aromatic carbocycles. The van der Waals surface area contributed by atoms with Gasteiger partial charge >= 0.3 is 0 Å². The molecule has 1 amide bonds. The minimum Gasteiger partial charge on any atom is -0.494 e.